The van der Waals surface area contributed by atoms with E-state index in [1.807, 2.05) is 10.7 Å². The molecule has 0 radical (unpaired) electrons. The van der Waals surface area contributed by atoms with Crippen molar-refractivity contribution in [1.82, 2.24) is 20.4 Å². The predicted octanol–water partition coefficient (Wildman–Crippen LogP) is 3.94. The van der Waals surface area contributed by atoms with Gasteiger partial charge in [-0.1, -0.05) is 25.0 Å². The van der Waals surface area contributed by atoms with Crippen LogP contribution in [0.5, 0.6) is 5.75 Å². The van der Waals surface area contributed by atoms with Crippen LogP contribution in [0.15, 0.2) is 24.3 Å². The molecule has 2 saturated carbocycles. The molecule has 2 aliphatic carbocycles. The van der Waals surface area contributed by atoms with Crippen molar-refractivity contribution < 1.29 is 27.5 Å². The highest BCUT2D eigenvalue weighted by Gasteiger charge is 2.34. The fourth-order valence-corrected chi connectivity index (χ4v) is 4.71. The average molecular weight is 505 g/mol. The molecule has 36 heavy (non-hydrogen) atoms. The minimum Gasteiger partial charge on any atom is -0.484 e. The summed E-state index contributed by atoms with van der Waals surface area (Å²) in [4.78, 5) is 25.3. The monoisotopic (exact) mass is 504 g/mol. The van der Waals surface area contributed by atoms with Gasteiger partial charge in [-0.3, -0.25) is 14.3 Å². The molecule has 2 aromatic rings. The van der Waals surface area contributed by atoms with Crippen LogP contribution in [0, 0.1) is 11.8 Å². The zero-order valence-corrected chi connectivity index (χ0v) is 20.1. The van der Waals surface area contributed by atoms with Crippen LogP contribution in [0.4, 0.5) is 13.2 Å². The van der Waals surface area contributed by atoms with Crippen LogP contribution in [-0.4, -0.2) is 40.4 Å². The molecule has 0 unspecified atom stereocenters. The molecule has 1 aromatic heterocycles. The molecule has 2 amide bonds. The molecule has 0 saturated heterocycles. The lowest BCUT2D eigenvalue weighted by atomic mass is 9.95. The highest BCUT2D eigenvalue weighted by molar-refractivity contribution is 5.98. The Morgan fingerprint density at radius 1 is 1.19 bits per heavy atom. The molecule has 2 N–H and O–H groups in total. The summed E-state index contributed by atoms with van der Waals surface area (Å²) in [5.41, 5.74) is 2.93. The number of nitrogens with one attached hydrogen (secondary N) is 2. The largest absolute Gasteiger partial charge is 0.484 e. The first-order valence-corrected chi connectivity index (χ1v) is 12.7. The lowest BCUT2D eigenvalue weighted by molar-refractivity contribution is -0.153. The van der Waals surface area contributed by atoms with Gasteiger partial charge in [0.25, 0.3) is 5.91 Å². The molecular formula is C26H31F3N4O3. The summed E-state index contributed by atoms with van der Waals surface area (Å²) in [7, 11) is 0. The number of hydrogen-bond donors (Lipinski definition) is 2. The van der Waals surface area contributed by atoms with Gasteiger partial charge in [0.1, 0.15) is 5.75 Å². The number of nitrogens with zero attached hydrogens (tertiary/aromatic N) is 2. The van der Waals surface area contributed by atoms with E-state index in [0.717, 1.165) is 48.7 Å². The summed E-state index contributed by atoms with van der Waals surface area (Å²) in [5, 5.41) is 10.8. The van der Waals surface area contributed by atoms with Crippen molar-refractivity contribution in [3.05, 3.63) is 46.8 Å². The third-order valence-electron chi connectivity index (χ3n) is 7.04. The van der Waals surface area contributed by atoms with Crippen molar-refractivity contribution in [2.24, 2.45) is 11.8 Å². The van der Waals surface area contributed by atoms with Crippen molar-refractivity contribution in [2.75, 3.05) is 6.61 Å². The van der Waals surface area contributed by atoms with E-state index in [1.54, 1.807) is 12.1 Å². The fraction of sp³-hybridized carbons (Fsp3) is 0.577. The van der Waals surface area contributed by atoms with Gasteiger partial charge >= 0.3 is 6.18 Å². The first-order chi connectivity index (χ1) is 17.2. The van der Waals surface area contributed by atoms with E-state index < -0.39 is 12.8 Å². The Hall–Kier alpha value is -3.04. The molecule has 3 aliphatic rings. The number of benzene rings is 1. The van der Waals surface area contributed by atoms with Crippen LogP contribution in [0.25, 0.3) is 0 Å². The van der Waals surface area contributed by atoms with E-state index in [4.69, 9.17) is 9.84 Å². The second-order valence-corrected chi connectivity index (χ2v) is 10.2. The van der Waals surface area contributed by atoms with E-state index in [-0.39, 0.29) is 29.5 Å². The van der Waals surface area contributed by atoms with Crippen LogP contribution in [0.1, 0.15) is 65.8 Å². The lowest BCUT2D eigenvalue weighted by Gasteiger charge is -2.23. The SMILES string of the molecule is O=C1N[C@@H](CCc2cccc(OCC(F)(F)F)c2)Cc2nn(CCC3CC3)c(CNC(=O)C3CC3)c21. The predicted molar refractivity (Wildman–Crippen MR) is 125 cm³/mol. The normalized spacial score (nSPS) is 19.5. The summed E-state index contributed by atoms with van der Waals surface area (Å²) in [6.45, 7) is -0.301. The van der Waals surface area contributed by atoms with Crippen molar-refractivity contribution >= 4 is 11.8 Å². The molecule has 1 aliphatic heterocycles. The summed E-state index contributed by atoms with van der Waals surface area (Å²) >= 11 is 0. The van der Waals surface area contributed by atoms with Gasteiger partial charge in [0.2, 0.25) is 5.91 Å². The minimum absolute atomic E-state index is 0.0363. The highest BCUT2D eigenvalue weighted by atomic mass is 19.4. The van der Waals surface area contributed by atoms with Crippen LogP contribution in [-0.2, 0) is 30.7 Å². The Morgan fingerprint density at radius 2 is 2.00 bits per heavy atom. The van der Waals surface area contributed by atoms with Crippen molar-refractivity contribution in [2.45, 2.75) is 76.7 Å². The number of carbonyl (C=O) groups is 2. The van der Waals surface area contributed by atoms with Gasteiger partial charge in [0.15, 0.2) is 6.61 Å². The number of aromatic nitrogens is 2. The number of fused-ring (bicyclic) bond motifs is 1. The molecule has 194 valence electrons. The topological polar surface area (TPSA) is 85.2 Å². The van der Waals surface area contributed by atoms with Crippen LogP contribution in [0.3, 0.4) is 0 Å². The third-order valence-corrected chi connectivity index (χ3v) is 7.04. The second-order valence-electron chi connectivity index (χ2n) is 10.2. The van der Waals surface area contributed by atoms with E-state index in [9.17, 15) is 22.8 Å². The van der Waals surface area contributed by atoms with Gasteiger partial charge in [-0.05, 0) is 55.7 Å². The highest BCUT2D eigenvalue weighted by Crippen LogP contribution is 2.33. The molecule has 2 heterocycles. The molecule has 0 bridgehead atoms. The van der Waals surface area contributed by atoms with Crippen LogP contribution >= 0.6 is 0 Å². The van der Waals surface area contributed by atoms with Gasteiger partial charge in [0.05, 0.1) is 23.5 Å². The second kappa shape index (κ2) is 10.1. The number of alkyl halides is 3. The molecule has 10 heteroatoms. The number of carbonyl (C=O) groups excluding carboxylic acids is 2. The molecule has 2 fully saturated rings. The number of ether oxygens (including phenoxy) is 1. The average Bonchev–Trinajstić information content (AvgIpc) is 3.76. The van der Waals surface area contributed by atoms with Gasteiger partial charge in [-0.2, -0.15) is 18.3 Å². The Labute approximate surface area is 207 Å². The number of rotatable bonds is 11. The first kappa shape index (κ1) is 24.6. The Morgan fingerprint density at radius 3 is 2.72 bits per heavy atom. The summed E-state index contributed by atoms with van der Waals surface area (Å²) in [6, 6.07) is 6.48. The molecule has 1 atom stereocenters. The molecule has 0 spiro atoms. The smallest absolute Gasteiger partial charge is 0.422 e. The van der Waals surface area contributed by atoms with E-state index >= 15 is 0 Å². The minimum atomic E-state index is -4.39. The summed E-state index contributed by atoms with van der Waals surface area (Å²) in [5.74, 6) is 0.843. The maximum Gasteiger partial charge on any atom is 0.422 e. The molecular weight excluding hydrogens is 473 g/mol. The molecule has 7 nitrogen and oxygen atoms in total. The zero-order chi connectivity index (χ0) is 25.3. The standard InChI is InChI=1S/C26H31F3N4O3/c27-26(28,29)15-36-20-3-1-2-17(12-20)6-9-19-13-21-23(25(35)31-19)22(14-30-24(34)18-7-8-18)33(32-21)11-10-16-4-5-16/h1-3,12,16,18-19H,4-11,13-15H2,(H,30,34)(H,31,35)/t19-/m0/s1. The number of hydrogen-bond acceptors (Lipinski definition) is 4. The summed E-state index contributed by atoms with van der Waals surface area (Å²) < 4.78 is 44.1. The van der Waals surface area contributed by atoms with E-state index in [0.29, 0.717) is 31.4 Å². The number of aryl methyl sites for hydroxylation is 2. The molecule has 1 aromatic carbocycles. The van der Waals surface area contributed by atoms with Gasteiger partial charge in [-0.25, -0.2) is 0 Å². The van der Waals surface area contributed by atoms with Crippen LogP contribution in [0.2, 0.25) is 0 Å². The third kappa shape index (κ3) is 6.39. The van der Waals surface area contributed by atoms with Gasteiger partial charge in [-0.15, -0.1) is 0 Å². The van der Waals surface area contributed by atoms with E-state index in [1.165, 1.54) is 18.9 Å². The Bertz CT molecular complexity index is 1120. The van der Waals surface area contributed by atoms with Gasteiger partial charge < -0.3 is 15.4 Å². The maximum absolute atomic E-state index is 13.1. The Balaban J connectivity index is 1.23. The van der Waals surface area contributed by atoms with Crippen molar-refractivity contribution in [3.8, 4) is 5.75 Å². The molecule has 5 rings (SSSR count). The van der Waals surface area contributed by atoms with Gasteiger partial charge in [0, 0.05) is 24.9 Å². The number of amides is 2. The van der Waals surface area contributed by atoms with Crippen molar-refractivity contribution in [3.63, 3.8) is 0 Å². The van der Waals surface area contributed by atoms with Crippen LogP contribution < -0.4 is 15.4 Å². The van der Waals surface area contributed by atoms with Crippen molar-refractivity contribution in [1.29, 1.82) is 0 Å². The van der Waals surface area contributed by atoms with E-state index in [2.05, 4.69) is 10.6 Å². The summed E-state index contributed by atoms with van der Waals surface area (Å²) in [6.07, 6.45) is 2.72. The first-order valence-electron chi connectivity index (χ1n) is 12.7. The Kier molecular flexibility index (Phi) is 6.94. The quantitative estimate of drug-likeness (QED) is 0.486. The number of halogens is 3. The zero-order valence-electron chi connectivity index (χ0n) is 20.1. The fourth-order valence-electron chi connectivity index (χ4n) is 4.71. The maximum atomic E-state index is 13.1. The lowest BCUT2D eigenvalue weighted by Crippen LogP contribution is -2.42.